The number of aryl methyl sites for hydroxylation is 1. The minimum absolute atomic E-state index is 0.0992. The first-order valence-corrected chi connectivity index (χ1v) is 6.19. The lowest BCUT2D eigenvalue weighted by molar-refractivity contribution is 0.0386. The SMILES string of the molecule is CCCC1(N)CN(C(=O)c2ccc(C)cc2)C1. The Bertz CT molecular complexity index is 405. The van der Waals surface area contributed by atoms with Crippen molar-refractivity contribution in [1.82, 2.24) is 4.90 Å². The Morgan fingerprint density at radius 3 is 2.47 bits per heavy atom. The highest BCUT2D eigenvalue weighted by Gasteiger charge is 2.41. The van der Waals surface area contributed by atoms with E-state index in [1.807, 2.05) is 36.1 Å². The van der Waals surface area contributed by atoms with Crippen molar-refractivity contribution >= 4 is 5.91 Å². The molecule has 0 aliphatic carbocycles. The van der Waals surface area contributed by atoms with E-state index in [0.29, 0.717) is 13.1 Å². The zero-order valence-corrected chi connectivity index (χ0v) is 10.6. The minimum Gasteiger partial charge on any atom is -0.335 e. The van der Waals surface area contributed by atoms with Crippen LogP contribution in [0, 0.1) is 6.92 Å². The molecule has 92 valence electrons. The van der Waals surface area contributed by atoms with Crippen molar-refractivity contribution in [3.63, 3.8) is 0 Å². The van der Waals surface area contributed by atoms with E-state index in [1.165, 1.54) is 5.56 Å². The van der Waals surface area contributed by atoms with Crippen LogP contribution in [0.3, 0.4) is 0 Å². The molecule has 1 saturated heterocycles. The first-order valence-electron chi connectivity index (χ1n) is 6.19. The molecule has 1 aromatic carbocycles. The number of carbonyl (C=O) groups excluding carboxylic acids is 1. The van der Waals surface area contributed by atoms with Gasteiger partial charge in [0.05, 0.1) is 5.54 Å². The van der Waals surface area contributed by atoms with Gasteiger partial charge in [-0.15, -0.1) is 0 Å². The Morgan fingerprint density at radius 1 is 1.35 bits per heavy atom. The van der Waals surface area contributed by atoms with Gasteiger partial charge in [-0.25, -0.2) is 0 Å². The minimum atomic E-state index is -0.144. The van der Waals surface area contributed by atoms with E-state index in [-0.39, 0.29) is 11.4 Å². The molecule has 0 spiro atoms. The van der Waals surface area contributed by atoms with Crippen LogP contribution >= 0.6 is 0 Å². The number of hydrogen-bond acceptors (Lipinski definition) is 2. The molecular weight excluding hydrogens is 212 g/mol. The van der Waals surface area contributed by atoms with Gasteiger partial charge in [-0.1, -0.05) is 31.0 Å². The second kappa shape index (κ2) is 4.49. The maximum atomic E-state index is 12.1. The number of hydrogen-bond donors (Lipinski definition) is 1. The van der Waals surface area contributed by atoms with Crippen molar-refractivity contribution in [3.05, 3.63) is 35.4 Å². The molecule has 1 amide bonds. The van der Waals surface area contributed by atoms with Crippen LogP contribution in [0.1, 0.15) is 35.7 Å². The molecule has 2 N–H and O–H groups in total. The molecule has 1 aliphatic heterocycles. The average Bonchev–Trinajstić information content (AvgIpc) is 2.26. The molecule has 0 radical (unpaired) electrons. The van der Waals surface area contributed by atoms with Crippen LogP contribution in [0.25, 0.3) is 0 Å². The van der Waals surface area contributed by atoms with E-state index >= 15 is 0 Å². The summed E-state index contributed by atoms with van der Waals surface area (Å²) in [6.07, 6.45) is 2.06. The monoisotopic (exact) mass is 232 g/mol. The van der Waals surface area contributed by atoms with Crippen LogP contribution in [0.2, 0.25) is 0 Å². The van der Waals surface area contributed by atoms with Crippen molar-refractivity contribution in [3.8, 4) is 0 Å². The van der Waals surface area contributed by atoms with Crippen molar-refractivity contribution in [2.75, 3.05) is 13.1 Å². The topological polar surface area (TPSA) is 46.3 Å². The summed E-state index contributed by atoms with van der Waals surface area (Å²) in [7, 11) is 0. The van der Waals surface area contributed by atoms with Gasteiger partial charge in [0, 0.05) is 18.7 Å². The van der Waals surface area contributed by atoms with Crippen LogP contribution < -0.4 is 5.73 Å². The lowest BCUT2D eigenvalue weighted by Gasteiger charge is -2.47. The maximum Gasteiger partial charge on any atom is 0.253 e. The molecule has 0 saturated carbocycles. The van der Waals surface area contributed by atoms with E-state index in [9.17, 15) is 4.79 Å². The van der Waals surface area contributed by atoms with Gasteiger partial charge >= 0.3 is 0 Å². The van der Waals surface area contributed by atoms with Gasteiger partial charge in [-0.2, -0.15) is 0 Å². The molecule has 3 nitrogen and oxygen atoms in total. The number of rotatable bonds is 3. The highest BCUT2D eigenvalue weighted by Crippen LogP contribution is 2.24. The zero-order valence-electron chi connectivity index (χ0n) is 10.6. The fraction of sp³-hybridized carbons (Fsp3) is 0.500. The summed E-state index contributed by atoms with van der Waals surface area (Å²) >= 11 is 0. The molecule has 1 aromatic rings. The first-order chi connectivity index (χ1) is 8.04. The van der Waals surface area contributed by atoms with Gasteiger partial charge in [-0.05, 0) is 25.5 Å². The predicted octanol–water partition coefficient (Wildman–Crippen LogP) is 1.95. The summed E-state index contributed by atoms with van der Waals surface area (Å²) in [5, 5.41) is 0. The normalized spacial score (nSPS) is 17.7. The third kappa shape index (κ3) is 2.50. The summed E-state index contributed by atoms with van der Waals surface area (Å²) in [6, 6.07) is 7.70. The maximum absolute atomic E-state index is 12.1. The van der Waals surface area contributed by atoms with Crippen molar-refractivity contribution in [1.29, 1.82) is 0 Å². The van der Waals surface area contributed by atoms with Crippen LogP contribution in [-0.4, -0.2) is 29.4 Å². The van der Waals surface area contributed by atoms with Crippen LogP contribution in [-0.2, 0) is 0 Å². The highest BCUT2D eigenvalue weighted by molar-refractivity contribution is 5.95. The van der Waals surface area contributed by atoms with Crippen LogP contribution in [0.5, 0.6) is 0 Å². The lowest BCUT2D eigenvalue weighted by atomic mass is 9.86. The average molecular weight is 232 g/mol. The smallest absolute Gasteiger partial charge is 0.253 e. The van der Waals surface area contributed by atoms with Gasteiger partial charge in [-0.3, -0.25) is 4.79 Å². The van der Waals surface area contributed by atoms with Gasteiger partial charge in [0.15, 0.2) is 0 Å². The molecule has 17 heavy (non-hydrogen) atoms. The second-order valence-electron chi connectivity index (χ2n) is 5.14. The molecule has 1 fully saturated rings. The predicted molar refractivity (Wildman–Crippen MR) is 68.9 cm³/mol. The number of likely N-dealkylation sites (tertiary alicyclic amines) is 1. The summed E-state index contributed by atoms with van der Waals surface area (Å²) in [4.78, 5) is 13.9. The Balaban J connectivity index is 1.97. The van der Waals surface area contributed by atoms with Gasteiger partial charge in [0.2, 0.25) is 0 Å². The number of carbonyl (C=O) groups is 1. The lowest BCUT2D eigenvalue weighted by Crippen LogP contribution is -2.68. The molecule has 1 heterocycles. The molecule has 0 atom stereocenters. The van der Waals surface area contributed by atoms with Crippen LogP contribution in [0.15, 0.2) is 24.3 Å². The molecule has 2 rings (SSSR count). The first kappa shape index (κ1) is 12.1. The molecule has 0 aromatic heterocycles. The Hall–Kier alpha value is -1.35. The molecule has 1 aliphatic rings. The third-order valence-electron chi connectivity index (χ3n) is 3.35. The number of nitrogens with two attached hydrogens (primary N) is 1. The Morgan fingerprint density at radius 2 is 1.94 bits per heavy atom. The second-order valence-corrected chi connectivity index (χ2v) is 5.14. The number of benzene rings is 1. The quantitative estimate of drug-likeness (QED) is 0.865. The van der Waals surface area contributed by atoms with Crippen molar-refractivity contribution < 1.29 is 4.79 Å². The van der Waals surface area contributed by atoms with Crippen LogP contribution in [0.4, 0.5) is 0 Å². The van der Waals surface area contributed by atoms with Gasteiger partial charge in [0.1, 0.15) is 0 Å². The fourth-order valence-corrected chi connectivity index (χ4v) is 2.39. The van der Waals surface area contributed by atoms with E-state index in [0.717, 1.165) is 18.4 Å². The van der Waals surface area contributed by atoms with E-state index in [1.54, 1.807) is 0 Å². The van der Waals surface area contributed by atoms with E-state index < -0.39 is 0 Å². The van der Waals surface area contributed by atoms with Crippen molar-refractivity contribution in [2.24, 2.45) is 5.73 Å². The summed E-state index contributed by atoms with van der Waals surface area (Å²) in [6.45, 7) is 5.52. The number of nitrogens with zero attached hydrogens (tertiary/aromatic N) is 1. The molecule has 0 unspecified atom stereocenters. The largest absolute Gasteiger partial charge is 0.335 e. The fourth-order valence-electron chi connectivity index (χ4n) is 2.39. The number of amides is 1. The standard InChI is InChI=1S/C14H20N2O/c1-3-8-14(15)9-16(10-14)13(17)12-6-4-11(2)5-7-12/h4-7H,3,8-10,15H2,1-2H3. The summed E-state index contributed by atoms with van der Waals surface area (Å²) in [5.41, 5.74) is 7.94. The van der Waals surface area contributed by atoms with E-state index in [4.69, 9.17) is 5.73 Å². The summed E-state index contributed by atoms with van der Waals surface area (Å²) in [5.74, 6) is 0.0992. The molecule has 0 bridgehead atoms. The Labute approximate surface area is 103 Å². The zero-order chi connectivity index (χ0) is 12.5. The molecular formula is C14H20N2O. The molecule has 3 heteroatoms. The third-order valence-corrected chi connectivity index (χ3v) is 3.35. The van der Waals surface area contributed by atoms with Gasteiger partial charge in [0.25, 0.3) is 5.91 Å². The van der Waals surface area contributed by atoms with Crippen molar-refractivity contribution in [2.45, 2.75) is 32.2 Å². The van der Waals surface area contributed by atoms with Gasteiger partial charge < -0.3 is 10.6 Å². The summed E-state index contributed by atoms with van der Waals surface area (Å²) < 4.78 is 0. The Kier molecular flexibility index (Phi) is 3.20. The highest BCUT2D eigenvalue weighted by atomic mass is 16.2. The van der Waals surface area contributed by atoms with E-state index in [2.05, 4.69) is 6.92 Å².